The van der Waals surface area contributed by atoms with Gasteiger partial charge in [0.25, 0.3) is 0 Å². The van der Waals surface area contributed by atoms with E-state index in [2.05, 4.69) is 13.8 Å². The summed E-state index contributed by atoms with van der Waals surface area (Å²) in [4.78, 5) is 22.2. The predicted octanol–water partition coefficient (Wildman–Crippen LogP) is 4.58. The van der Waals surface area contributed by atoms with Crippen LogP contribution in [0.3, 0.4) is 0 Å². The minimum absolute atomic E-state index is 0.102. The molecule has 0 aliphatic carbocycles. The van der Waals surface area contributed by atoms with E-state index in [1.54, 1.807) is 25.9 Å². The number of carbonyl (C=O) groups is 2. The van der Waals surface area contributed by atoms with E-state index in [1.807, 2.05) is 6.92 Å². The Kier molecular flexibility index (Phi) is 26.9. The third-order valence-corrected chi connectivity index (χ3v) is 4.37. The van der Waals surface area contributed by atoms with Crippen LogP contribution in [-0.2, 0) is 9.59 Å². The van der Waals surface area contributed by atoms with E-state index in [-0.39, 0.29) is 18.1 Å². The number of hydrogen-bond donors (Lipinski definition) is 3. The van der Waals surface area contributed by atoms with Gasteiger partial charge in [-0.1, -0.05) is 71.6 Å². The fraction of sp³-hybridized carbons (Fsp3) is 0.909. The van der Waals surface area contributed by atoms with Crippen molar-refractivity contribution in [1.29, 1.82) is 0 Å². The minimum atomic E-state index is -0.782. The summed E-state index contributed by atoms with van der Waals surface area (Å²) in [6.45, 7) is 7.75. The Bertz CT molecular complexity index is 347. The number of likely N-dealkylation sites (N-methyl/N-ethyl adjacent to an activating group) is 1. The highest BCUT2D eigenvalue weighted by atomic mass is 16.4. The largest absolute Gasteiger partial charge is 0.480 e. The Hall–Kier alpha value is -1.14. The molecule has 28 heavy (non-hydrogen) atoms. The number of rotatable bonds is 14. The van der Waals surface area contributed by atoms with Crippen molar-refractivity contribution in [3.05, 3.63) is 0 Å². The van der Waals surface area contributed by atoms with E-state index in [4.69, 9.17) is 15.9 Å². The number of aliphatic hydroxyl groups excluding tert-OH is 1. The van der Waals surface area contributed by atoms with Crippen LogP contribution in [0.4, 0.5) is 0 Å². The van der Waals surface area contributed by atoms with Crippen LogP contribution in [0.2, 0.25) is 0 Å². The number of nitrogens with two attached hydrogens (primary N) is 1. The maximum atomic E-state index is 10.4. The van der Waals surface area contributed by atoms with E-state index in [9.17, 15) is 9.59 Å². The molecule has 0 spiro atoms. The lowest BCUT2D eigenvalue weighted by Crippen LogP contribution is -2.32. The summed E-state index contributed by atoms with van der Waals surface area (Å²) in [6, 6.07) is -0.380. The molecule has 170 valence electrons. The molecule has 0 saturated carbocycles. The normalized spacial score (nSPS) is 12.3. The maximum absolute atomic E-state index is 10.4. The Balaban J connectivity index is -0.000000376. The quantitative estimate of drug-likeness (QED) is 0.368. The molecule has 0 aromatic heterocycles. The van der Waals surface area contributed by atoms with Crippen molar-refractivity contribution < 1.29 is 19.8 Å². The van der Waals surface area contributed by atoms with E-state index >= 15 is 0 Å². The van der Waals surface area contributed by atoms with Gasteiger partial charge in [-0.15, -0.1) is 0 Å². The fourth-order valence-electron chi connectivity index (χ4n) is 2.25. The molecule has 0 bridgehead atoms. The molecule has 0 fully saturated rings. The maximum Gasteiger partial charge on any atom is 0.320 e. The first-order valence-corrected chi connectivity index (χ1v) is 11.0. The Morgan fingerprint density at radius 1 is 0.857 bits per heavy atom. The Morgan fingerprint density at radius 3 is 1.50 bits per heavy atom. The van der Waals surface area contributed by atoms with Gasteiger partial charge in [0.15, 0.2) is 0 Å². The van der Waals surface area contributed by atoms with Gasteiger partial charge in [0, 0.05) is 6.42 Å². The zero-order valence-corrected chi connectivity index (χ0v) is 19.4. The van der Waals surface area contributed by atoms with Gasteiger partial charge in [-0.2, -0.15) is 0 Å². The summed E-state index contributed by atoms with van der Waals surface area (Å²) >= 11 is 0. The number of carbonyl (C=O) groups excluding carboxylic acids is 1. The average Bonchev–Trinajstić information content (AvgIpc) is 2.60. The van der Waals surface area contributed by atoms with Crippen LogP contribution in [-0.4, -0.2) is 53.2 Å². The molecule has 1 amide bonds. The lowest BCUT2D eigenvalue weighted by Gasteiger charge is -2.13. The molecule has 0 aliphatic rings. The number of amides is 1. The second kappa shape index (κ2) is 23.9. The number of primary amides is 1. The first-order valence-electron chi connectivity index (χ1n) is 11.0. The minimum Gasteiger partial charge on any atom is -0.480 e. The Morgan fingerprint density at radius 2 is 1.29 bits per heavy atom. The van der Waals surface area contributed by atoms with Gasteiger partial charge in [-0.25, -0.2) is 0 Å². The molecule has 0 aromatic rings. The zero-order valence-electron chi connectivity index (χ0n) is 19.4. The van der Waals surface area contributed by atoms with Crippen LogP contribution >= 0.6 is 0 Å². The Labute approximate surface area is 173 Å². The number of unbranched alkanes of at least 4 members (excludes halogenated alkanes) is 8. The molecular formula is C22H48N2O4. The molecule has 2 atom stereocenters. The first kappa shape index (κ1) is 31.6. The number of carboxylic acid groups (broad SMARTS) is 1. The molecule has 2 unspecified atom stereocenters. The van der Waals surface area contributed by atoms with Crippen molar-refractivity contribution in [3.63, 3.8) is 0 Å². The second-order valence-electron chi connectivity index (χ2n) is 7.66. The first-order chi connectivity index (χ1) is 13.1. The number of hydrogen-bond acceptors (Lipinski definition) is 4. The predicted molar refractivity (Wildman–Crippen MR) is 118 cm³/mol. The topological polar surface area (TPSA) is 104 Å². The highest BCUT2D eigenvalue weighted by Gasteiger charge is 2.11. The van der Waals surface area contributed by atoms with Crippen LogP contribution in [0.25, 0.3) is 0 Å². The number of carboxylic acids is 1. The molecule has 0 aliphatic heterocycles. The lowest BCUT2D eigenvalue weighted by atomic mass is 10.1. The molecule has 6 heteroatoms. The van der Waals surface area contributed by atoms with E-state index in [1.165, 1.54) is 44.9 Å². The van der Waals surface area contributed by atoms with Crippen LogP contribution in [0.1, 0.15) is 105 Å². The van der Waals surface area contributed by atoms with Crippen LogP contribution in [0, 0.1) is 0 Å². The molecule has 0 rings (SSSR count). The average molecular weight is 405 g/mol. The molecule has 0 radical (unpaired) electrons. The van der Waals surface area contributed by atoms with Gasteiger partial charge >= 0.3 is 5.97 Å². The SMILES string of the molecule is CC(C(=O)O)N(C)C.CCCC(C)O.CCCCCCCCCCCC(N)=O. The lowest BCUT2D eigenvalue weighted by molar-refractivity contribution is -0.141. The number of aliphatic carboxylic acids is 1. The van der Waals surface area contributed by atoms with Gasteiger partial charge in [-0.3, -0.25) is 14.5 Å². The van der Waals surface area contributed by atoms with E-state index in [0.29, 0.717) is 6.42 Å². The number of aliphatic hydroxyl groups is 1. The van der Waals surface area contributed by atoms with Gasteiger partial charge in [0.2, 0.25) is 5.91 Å². The summed E-state index contributed by atoms with van der Waals surface area (Å²) in [5, 5.41) is 16.9. The fourth-order valence-corrected chi connectivity index (χ4v) is 2.25. The second-order valence-corrected chi connectivity index (χ2v) is 7.66. The van der Waals surface area contributed by atoms with Crippen LogP contribution in [0.5, 0.6) is 0 Å². The summed E-state index contributed by atoms with van der Waals surface area (Å²) in [7, 11) is 3.47. The molecule has 0 aromatic carbocycles. The third kappa shape index (κ3) is 32.5. The van der Waals surface area contributed by atoms with Crippen molar-refractivity contribution in [3.8, 4) is 0 Å². The zero-order chi connectivity index (χ0) is 22.4. The summed E-state index contributed by atoms with van der Waals surface area (Å²) in [5.74, 6) is -0.942. The van der Waals surface area contributed by atoms with Crippen molar-refractivity contribution in [2.24, 2.45) is 5.73 Å². The molecule has 0 saturated heterocycles. The van der Waals surface area contributed by atoms with Crippen molar-refractivity contribution in [2.75, 3.05) is 14.1 Å². The van der Waals surface area contributed by atoms with Crippen molar-refractivity contribution in [1.82, 2.24) is 4.90 Å². The summed E-state index contributed by atoms with van der Waals surface area (Å²) in [6.07, 6.45) is 14.0. The smallest absolute Gasteiger partial charge is 0.320 e. The van der Waals surface area contributed by atoms with Crippen LogP contribution in [0.15, 0.2) is 0 Å². The van der Waals surface area contributed by atoms with Crippen LogP contribution < -0.4 is 5.73 Å². The van der Waals surface area contributed by atoms with Crippen molar-refractivity contribution in [2.45, 2.75) is 117 Å². The monoisotopic (exact) mass is 404 g/mol. The standard InChI is InChI=1S/C12H25NO.C5H11NO2.C5H12O/c1-2-3-4-5-6-7-8-9-10-11-12(13)14;1-4(5(7)8)6(2)3;1-3-4-5(2)6/h2-11H2,1H3,(H2,13,14);4H,1-3H3,(H,7,8);5-6H,3-4H2,1-2H3. The van der Waals surface area contributed by atoms with Crippen molar-refractivity contribution >= 4 is 11.9 Å². The molecular weight excluding hydrogens is 356 g/mol. The molecule has 6 nitrogen and oxygen atoms in total. The highest BCUT2D eigenvalue weighted by molar-refractivity contribution is 5.73. The van der Waals surface area contributed by atoms with Gasteiger partial charge in [0.1, 0.15) is 6.04 Å². The van der Waals surface area contributed by atoms with Gasteiger partial charge in [0.05, 0.1) is 6.10 Å². The van der Waals surface area contributed by atoms with Gasteiger partial charge in [-0.05, 0) is 40.8 Å². The molecule has 0 heterocycles. The molecule has 4 N–H and O–H groups in total. The number of nitrogens with zero attached hydrogens (tertiary/aromatic N) is 1. The van der Waals surface area contributed by atoms with E-state index < -0.39 is 5.97 Å². The van der Waals surface area contributed by atoms with Gasteiger partial charge < -0.3 is 15.9 Å². The summed E-state index contributed by atoms with van der Waals surface area (Å²) in [5.41, 5.74) is 5.05. The highest BCUT2D eigenvalue weighted by Crippen LogP contribution is 2.10. The summed E-state index contributed by atoms with van der Waals surface area (Å²) < 4.78 is 0. The van der Waals surface area contributed by atoms with E-state index in [0.717, 1.165) is 25.7 Å². The third-order valence-electron chi connectivity index (χ3n) is 4.37.